The van der Waals surface area contributed by atoms with E-state index in [9.17, 15) is 0 Å². The van der Waals surface area contributed by atoms with Gasteiger partial charge in [-0.1, -0.05) is 53.4 Å². The minimum Gasteiger partial charge on any atom is -0.0651 e. The Labute approximate surface area is 66.0 Å². The lowest BCUT2D eigenvalue weighted by Crippen LogP contribution is -2.11. The van der Waals surface area contributed by atoms with E-state index >= 15 is 0 Å². The van der Waals surface area contributed by atoms with Gasteiger partial charge in [-0.2, -0.15) is 0 Å². The van der Waals surface area contributed by atoms with Gasteiger partial charge in [0.15, 0.2) is 0 Å². The number of hydrogen-bond donors (Lipinski definition) is 0. The summed E-state index contributed by atoms with van der Waals surface area (Å²) in [6, 6.07) is 0. The zero-order chi connectivity index (χ0) is 7.98. The Morgan fingerprint density at radius 1 is 0.900 bits per heavy atom. The summed E-state index contributed by atoms with van der Waals surface area (Å²) < 4.78 is 0. The molecule has 0 unspecified atom stereocenters. The molecular weight excluding hydrogens is 120 g/mol. The summed E-state index contributed by atoms with van der Waals surface area (Å²) in [6.07, 6.45) is 4.67. The van der Waals surface area contributed by atoms with Crippen LogP contribution in [0, 0.1) is 25.7 Å². The molecule has 0 heteroatoms. The molecule has 0 aromatic heterocycles. The molecule has 0 heterocycles. The van der Waals surface area contributed by atoms with Crippen molar-refractivity contribution in [3.05, 3.63) is 13.8 Å². The van der Waals surface area contributed by atoms with E-state index in [0.717, 1.165) is 24.7 Å². The predicted octanol–water partition coefficient (Wildman–Crippen LogP) is 3.49. The van der Waals surface area contributed by atoms with Crippen LogP contribution in [0.2, 0.25) is 0 Å². The maximum Gasteiger partial charge on any atom is -0.0386 e. The summed E-state index contributed by atoms with van der Waals surface area (Å²) in [4.78, 5) is 0. The largest absolute Gasteiger partial charge is 0.0651 e. The Morgan fingerprint density at radius 2 is 1.30 bits per heavy atom. The zero-order valence-corrected chi connectivity index (χ0v) is 7.40. The van der Waals surface area contributed by atoms with Gasteiger partial charge in [0.25, 0.3) is 0 Å². The predicted molar refractivity (Wildman–Crippen MR) is 47.5 cm³/mol. The van der Waals surface area contributed by atoms with Crippen LogP contribution in [0.5, 0.6) is 0 Å². The lowest BCUT2D eigenvalue weighted by molar-refractivity contribution is 0.315. The third-order valence-electron chi connectivity index (χ3n) is 2.46. The highest BCUT2D eigenvalue weighted by Gasteiger charge is 2.13. The molecule has 0 saturated heterocycles. The first kappa shape index (κ1) is 10.0. The third-order valence-corrected chi connectivity index (χ3v) is 2.46. The average Bonchev–Trinajstić information content (AvgIpc) is 2.00. The van der Waals surface area contributed by atoms with Gasteiger partial charge in [-0.05, 0) is 11.8 Å². The quantitative estimate of drug-likeness (QED) is 0.548. The molecule has 2 radical (unpaired) electrons. The van der Waals surface area contributed by atoms with Gasteiger partial charge in [0.05, 0.1) is 0 Å². The molecule has 10 heavy (non-hydrogen) atoms. The maximum absolute atomic E-state index is 3.93. The summed E-state index contributed by atoms with van der Waals surface area (Å²) in [5, 5.41) is 0. The van der Waals surface area contributed by atoms with E-state index in [1.54, 1.807) is 0 Å². The van der Waals surface area contributed by atoms with Crippen molar-refractivity contribution in [1.82, 2.24) is 0 Å². The Bertz CT molecular complexity index is 48.4. The molecule has 0 spiro atoms. The first-order chi connectivity index (χ1) is 4.79. The van der Waals surface area contributed by atoms with Crippen LogP contribution in [0.1, 0.15) is 39.5 Å². The van der Waals surface area contributed by atoms with Gasteiger partial charge in [-0.15, -0.1) is 0 Å². The van der Waals surface area contributed by atoms with Crippen LogP contribution in [0.4, 0.5) is 0 Å². The summed E-state index contributed by atoms with van der Waals surface area (Å²) in [5.74, 6) is 1.62. The van der Waals surface area contributed by atoms with E-state index in [2.05, 4.69) is 27.7 Å². The maximum atomic E-state index is 3.93. The normalized spacial score (nSPS) is 11.4. The van der Waals surface area contributed by atoms with E-state index in [1.165, 1.54) is 12.8 Å². The fraction of sp³-hybridized carbons (Fsp3) is 0.800. The van der Waals surface area contributed by atoms with Crippen LogP contribution in [-0.4, -0.2) is 0 Å². The monoisotopic (exact) mass is 140 g/mol. The van der Waals surface area contributed by atoms with Gasteiger partial charge >= 0.3 is 0 Å². The molecule has 0 fully saturated rings. The van der Waals surface area contributed by atoms with Gasteiger partial charge in [-0.3, -0.25) is 0 Å². The molecule has 0 aromatic carbocycles. The Hall–Kier alpha value is 0. The second-order valence-corrected chi connectivity index (χ2v) is 2.91. The van der Waals surface area contributed by atoms with Crippen LogP contribution < -0.4 is 0 Å². The van der Waals surface area contributed by atoms with Gasteiger partial charge in [-0.25, -0.2) is 0 Å². The minimum atomic E-state index is 0.759. The molecule has 0 amide bonds. The Kier molecular flexibility index (Phi) is 5.76. The molecule has 0 aliphatic heterocycles. The van der Waals surface area contributed by atoms with Gasteiger partial charge in [0, 0.05) is 0 Å². The van der Waals surface area contributed by atoms with Crippen LogP contribution in [0.15, 0.2) is 0 Å². The molecule has 60 valence electrons. The van der Waals surface area contributed by atoms with Crippen LogP contribution in [0.3, 0.4) is 0 Å². The van der Waals surface area contributed by atoms with Crippen molar-refractivity contribution in [3.63, 3.8) is 0 Å². The molecule has 0 saturated carbocycles. The van der Waals surface area contributed by atoms with E-state index < -0.39 is 0 Å². The van der Waals surface area contributed by atoms with Crippen molar-refractivity contribution in [2.75, 3.05) is 0 Å². The van der Waals surface area contributed by atoms with Gasteiger partial charge in [0.2, 0.25) is 0 Å². The first-order valence-corrected chi connectivity index (χ1v) is 4.38. The van der Waals surface area contributed by atoms with Crippen molar-refractivity contribution >= 4 is 0 Å². The molecule has 0 aromatic rings. The van der Waals surface area contributed by atoms with Gasteiger partial charge in [0.1, 0.15) is 0 Å². The molecular formula is C10H20. The second-order valence-electron chi connectivity index (χ2n) is 2.91. The summed E-state index contributed by atoms with van der Waals surface area (Å²) in [7, 11) is 0. The smallest absolute Gasteiger partial charge is 0.0386 e. The second kappa shape index (κ2) is 5.76. The fourth-order valence-electron chi connectivity index (χ4n) is 1.57. The number of rotatable bonds is 5. The van der Waals surface area contributed by atoms with Gasteiger partial charge < -0.3 is 0 Å². The molecule has 0 aliphatic carbocycles. The van der Waals surface area contributed by atoms with Crippen LogP contribution in [-0.2, 0) is 0 Å². The first-order valence-electron chi connectivity index (χ1n) is 4.38. The highest BCUT2D eigenvalue weighted by molar-refractivity contribution is 4.69. The lowest BCUT2D eigenvalue weighted by Gasteiger charge is -2.21. The van der Waals surface area contributed by atoms with E-state index in [0.29, 0.717) is 0 Å². The topological polar surface area (TPSA) is 0 Å². The highest BCUT2D eigenvalue weighted by atomic mass is 14.2. The average molecular weight is 140 g/mol. The van der Waals surface area contributed by atoms with Crippen LogP contribution >= 0.6 is 0 Å². The Balaban J connectivity index is 3.70. The third kappa shape index (κ3) is 2.72. The molecule has 0 aliphatic rings. The molecule has 0 atom stereocenters. The van der Waals surface area contributed by atoms with Crippen molar-refractivity contribution in [2.45, 2.75) is 39.5 Å². The SMILES string of the molecule is [CH2]CC(C[CH2])C(CC)CC. The molecule has 0 nitrogen and oxygen atoms in total. The summed E-state index contributed by atoms with van der Waals surface area (Å²) >= 11 is 0. The lowest BCUT2D eigenvalue weighted by atomic mass is 9.84. The van der Waals surface area contributed by atoms with Crippen molar-refractivity contribution < 1.29 is 0 Å². The van der Waals surface area contributed by atoms with Crippen molar-refractivity contribution in [1.29, 1.82) is 0 Å². The fourth-order valence-corrected chi connectivity index (χ4v) is 1.57. The van der Waals surface area contributed by atoms with E-state index in [4.69, 9.17) is 0 Å². The summed E-state index contributed by atoms with van der Waals surface area (Å²) in [6.45, 7) is 12.4. The van der Waals surface area contributed by atoms with Crippen LogP contribution in [0.25, 0.3) is 0 Å². The standard InChI is InChI=1S/C10H20/c1-5-9(6-2)10(7-3)8-4/h9-10H,1-2,5-8H2,3-4H3. The molecule has 0 rings (SSSR count). The van der Waals surface area contributed by atoms with Crippen molar-refractivity contribution in [3.8, 4) is 0 Å². The minimum absolute atomic E-state index is 0.759. The molecule has 0 N–H and O–H groups in total. The Morgan fingerprint density at radius 3 is 1.40 bits per heavy atom. The van der Waals surface area contributed by atoms with E-state index in [1.807, 2.05) is 0 Å². The highest BCUT2D eigenvalue weighted by Crippen LogP contribution is 2.24. The molecule has 0 bridgehead atoms. The number of hydrogen-bond acceptors (Lipinski definition) is 0. The zero-order valence-electron chi connectivity index (χ0n) is 7.40. The summed E-state index contributed by atoms with van der Waals surface area (Å²) in [5.41, 5.74) is 0. The van der Waals surface area contributed by atoms with Crippen molar-refractivity contribution in [2.24, 2.45) is 11.8 Å². The van der Waals surface area contributed by atoms with E-state index in [-0.39, 0.29) is 0 Å².